The van der Waals surface area contributed by atoms with Crippen LogP contribution in [0.2, 0.25) is 0 Å². The van der Waals surface area contributed by atoms with Crippen molar-refractivity contribution in [3.8, 4) is 5.75 Å². The molecule has 0 fully saturated rings. The van der Waals surface area contributed by atoms with Crippen LogP contribution in [0.1, 0.15) is 17.0 Å². The van der Waals surface area contributed by atoms with E-state index in [4.69, 9.17) is 4.74 Å². The third-order valence-electron chi connectivity index (χ3n) is 2.98. The molecule has 0 unspecified atom stereocenters. The van der Waals surface area contributed by atoms with E-state index in [1.54, 1.807) is 19.1 Å². The second kappa shape index (κ2) is 5.74. The number of anilines is 1. The molecule has 114 valence electrons. The fourth-order valence-electron chi connectivity index (χ4n) is 2.03. The van der Waals surface area contributed by atoms with E-state index in [0.29, 0.717) is 17.1 Å². The lowest BCUT2D eigenvalue weighted by Crippen LogP contribution is -2.16. The topological polar surface area (TPSA) is 104 Å². The number of methoxy groups -OCH3 is 1. The van der Waals surface area contributed by atoms with Gasteiger partial charge in [0, 0.05) is 0 Å². The van der Waals surface area contributed by atoms with Gasteiger partial charge >= 0.3 is 0 Å². The Morgan fingerprint density at radius 1 is 1.38 bits per heavy atom. The number of hydrogen-bond donors (Lipinski definition) is 3. The average molecular weight is 311 g/mol. The Morgan fingerprint density at radius 3 is 2.71 bits per heavy atom. The van der Waals surface area contributed by atoms with Gasteiger partial charge in [-0.2, -0.15) is 5.10 Å². The molecule has 0 bridgehead atoms. The summed E-state index contributed by atoms with van der Waals surface area (Å²) in [4.78, 5) is -0.0476. The summed E-state index contributed by atoms with van der Waals surface area (Å²) in [6.07, 6.45) is 0. The molecule has 7 nitrogen and oxygen atoms in total. The Kier molecular flexibility index (Phi) is 4.19. The molecule has 0 aliphatic carbocycles. The number of hydrogen-bond acceptors (Lipinski definition) is 5. The van der Waals surface area contributed by atoms with Crippen LogP contribution in [0.25, 0.3) is 0 Å². The zero-order chi connectivity index (χ0) is 15.6. The summed E-state index contributed by atoms with van der Waals surface area (Å²) in [6.45, 7) is 2.96. The zero-order valence-corrected chi connectivity index (χ0v) is 12.8. The molecule has 21 heavy (non-hydrogen) atoms. The Balaban J connectivity index is 2.47. The SMILES string of the molecule is COc1ccc(C)cc1NS(=O)(=O)c1c(CO)n[nH]c1C. The number of ether oxygens (including phenoxy) is 1. The third-order valence-corrected chi connectivity index (χ3v) is 4.55. The fourth-order valence-corrected chi connectivity index (χ4v) is 3.45. The van der Waals surface area contributed by atoms with E-state index in [1.807, 2.05) is 13.0 Å². The van der Waals surface area contributed by atoms with Gasteiger partial charge in [-0.1, -0.05) is 6.07 Å². The highest BCUT2D eigenvalue weighted by Crippen LogP contribution is 2.29. The minimum absolute atomic E-state index is 0.0476. The van der Waals surface area contributed by atoms with Gasteiger partial charge in [-0.3, -0.25) is 9.82 Å². The van der Waals surface area contributed by atoms with E-state index in [-0.39, 0.29) is 10.6 Å². The van der Waals surface area contributed by atoms with Gasteiger partial charge < -0.3 is 9.84 Å². The molecule has 3 N–H and O–H groups in total. The molecule has 0 saturated heterocycles. The van der Waals surface area contributed by atoms with E-state index in [0.717, 1.165) is 5.56 Å². The smallest absolute Gasteiger partial charge is 0.265 e. The van der Waals surface area contributed by atoms with Crippen molar-refractivity contribution >= 4 is 15.7 Å². The van der Waals surface area contributed by atoms with Gasteiger partial charge in [-0.05, 0) is 31.5 Å². The summed E-state index contributed by atoms with van der Waals surface area (Å²) >= 11 is 0. The molecule has 0 aliphatic heterocycles. The van der Waals surface area contributed by atoms with Crippen molar-refractivity contribution in [2.75, 3.05) is 11.8 Å². The highest BCUT2D eigenvalue weighted by molar-refractivity contribution is 7.92. The lowest BCUT2D eigenvalue weighted by molar-refractivity contribution is 0.273. The molecule has 1 aromatic heterocycles. The van der Waals surface area contributed by atoms with Crippen molar-refractivity contribution in [1.29, 1.82) is 0 Å². The third kappa shape index (κ3) is 3.01. The first-order chi connectivity index (χ1) is 9.89. The second-order valence-corrected chi connectivity index (χ2v) is 6.21. The maximum absolute atomic E-state index is 12.5. The van der Waals surface area contributed by atoms with E-state index in [1.165, 1.54) is 7.11 Å². The van der Waals surface area contributed by atoms with Gasteiger partial charge in [0.1, 0.15) is 16.3 Å². The minimum Gasteiger partial charge on any atom is -0.495 e. The van der Waals surface area contributed by atoms with Gasteiger partial charge in [0.25, 0.3) is 10.0 Å². The molecule has 0 amide bonds. The Hall–Kier alpha value is -2.06. The number of nitrogens with one attached hydrogen (secondary N) is 2. The van der Waals surface area contributed by atoms with Crippen molar-refractivity contribution in [2.45, 2.75) is 25.3 Å². The van der Waals surface area contributed by atoms with Gasteiger partial charge in [0.15, 0.2) is 0 Å². The van der Waals surface area contributed by atoms with Crippen LogP contribution in [0.3, 0.4) is 0 Å². The Labute approximate surface area is 123 Å². The van der Waals surface area contributed by atoms with Crippen LogP contribution in [0, 0.1) is 13.8 Å². The first-order valence-corrected chi connectivity index (χ1v) is 7.69. The maximum Gasteiger partial charge on any atom is 0.265 e. The standard InChI is InChI=1S/C13H17N3O4S/c1-8-4-5-12(20-3)10(6-8)16-21(18,19)13-9(2)14-15-11(13)7-17/h4-6,16-17H,7H2,1-3H3,(H,14,15). The van der Waals surface area contributed by atoms with Crippen LogP contribution in [-0.2, 0) is 16.6 Å². The van der Waals surface area contributed by atoms with Crippen molar-refractivity contribution in [3.63, 3.8) is 0 Å². The quantitative estimate of drug-likeness (QED) is 0.772. The number of aryl methyl sites for hydroxylation is 2. The summed E-state index contributed by atoms with van der Waals surface area (Å²) in [5, 5.41) is 15.5. The van der Waals surface area contributed by atoms with Gasteiger partial charge in [0.05, 0.1) is 25.1 Å². The number of aliphatic hydroxyl groups excluding tert-OH is 1. The van der Waals surface area contributed by atoms with Gasteiger partial charge in [0.2, 0.25) is 0 Å². The number of nitrogens with zero attached hydrogens (tertiary/aromatic N) is 1. The predicted molar refractivity (Wildman–Crippen MR) is 77.8 cm³/mol. The number of aromatic amines is 1. The van der Waals surface area contributed by atoms with Crippen molar-refractivity contribution in [1.82, 2.24) is 10.2 Å². The van der Waals surface area contributed by atoms with E-state index >= 15 is 0 Å². The summed E-state index contributed by atoms with van der Waals surface area (Å²) in [5.74, 6) is 0.413. The van der Waals surface area contributed by atoms with Crippen molar-refractivity contribution in [3.05, 3.63) is 35.2 Å². The lowest BCUT2D eigenvalue weighted by atomic mass is 10.2. The summed E-state index contributed by atoms with van der Waals surface area (Å²) < 4.78 is 32.6. The Bertz CT molecular complexity index is 753. The number of rotatable bonds is 5. The van der Waals surface area contributed by atoms with E-state index in [9.17, 15) is 13.5 Å². The van der Waals surface area contributed by atoms with Crippen LogP contribution in [0.4, 0.5) is 5.69 Å². The lowest BCUT2D eigenvalue weighted by Gasteiger charge is -2.12. The first kappa shape index (κ1) is 15.3. The van der Waals surface area contributed by atoms with E-state index in [2.05, 4.69) is 14.9 Å². The highest BCUT2D eigenvalue weighted by Gasteiger charge is 2.25. The molecule has 1 heterocycles. The van der Waals surface area contributed by atoms with E-state index < -0.39 is 16.6 Å². The highest BCUT2D eigenvalue weighted by atomic mass is 32.2. The van der Waals surface area contributed by atoms with Crippen LogP contribution >= 0.6 is 0 Å². The molecule has 1 aromatic carbocycles. The van der Waals surface area contributed by atoms with Crippen LogP contribution in [0.5, 0.6) is 5.75 Å². The molecule has 0 atom stereocenters. The minimum atomic E-state index is -3.88. The summed E-state index contributed by atoms with van der Waals surface area (Å²) in [7, 11) is -2.41. The second-order valence-electron chi connectivity index (χ2n) is 4.59. The Morgan fingerprint density at radius 2 is 2.10 bits per heavy atom. The molecule has 0 radical (unpaired) electrons. The molecule has 0 aliphatic rings. The number of sulfonamides is 1. The van der Waals surface area contributed by atoms with Crippen LogP contribution in [-0.4, -0.2) is 30.8 Å². The maximum atomic E-state index is 12.5. The molecular weight excluding hydrogens is 294 g/mol. The number of H-pyrrole nitrogens is 1. The average Bonchev–Trinajstić information content (AvgIpc) is 2.80. The molecular formula is C13H17N3O4S. The molecule has 0 spiro atoms. The zero-order valence-electron chi connectivity index (χ0n) is 12.0. The fraction of sp³-hybridized carbons (Fsp3) is 0.308. The monoisotopic (exact) mass is 311 g/mol. The van der Waals surface area contributed by atoms with Crippen molar-refractivity contribution < 1.29 is 18.3 Å². The normalized spacial score (nSPS) is 11.4. The molecule has 2 aromatic rings. The number of aromatic nitrogens is 2. The molecule has 8 heteroatoms. The number of benzene rings is 1. The van der Waals surface area contributed by atoms with Gasteiger partial charge in [-0.25, -0.2) is 8.42 Å². The van der Waals surface area contributed by atoms with Crippen LogP contribution < -0.4 is 9.46 Å². The summed E-state index contributed by atoms with van der Waals surface area (Å²) in [6, 6.07) is 5.17. The number of aliphatic hydroxyl groups is 1. The van der Waals surface area contributed by atoms with Crippen LogP contribution in [0.15, 0.2) is 23.1 Å². The summed E-state index contributed by atoms with van der Waals surface area (Å²) in [5.41, 5.74) is 1.66. The first-order valence-electron chi connectivity index (χ1n) is 6.21. The molecule has 0 saturated carbocycles. The van der Waals surface area contributed by atoms with Crippen molar-refractivity contribution in [2.24, 2.45) is 0 Å². The largest absolute Gasteiger partial charge is 0.495 e. The molecule has 2 rings (SSSR count). The van der Waals surface area contributed by atoms with Gasteiger partial charge in [-0.15, -0.1) is 0 Å². The predicted octanol–water partition coefficient (Wildman–Crippen LogP) is 1.33.